The molecule has 0 spiro atoms. The molecule has 12 N–H and O–H groups in total. The van der Waals surface area contributed by atoms with E-state index in [1.54, 1.807) is 0 Å². The van der Waals surface area contributed by atoms with Gasteiger partial charge in [-0.05, 0) is 54.6 Å². The van der Waals surface area contributed by atoms with E-state index < -0.39 is 205 Å². The third-order valence-electron chi connectivity index (χ3n) is 10.4. The summed E-state index contributed by atoms with van der Waals surface area (Å²) in [7, 11) is -39.0. The first-order chi connectivity index (χ1) is 35.1. The van der Waals surface area contributed by atoms with E-state index in [0.29, 0.717) is 48.5 Å². The number of non-ortho nitro benzene ring substituents is 1. The van der Waals surface area contributed by atoms with Gasteiger partial charge in [-0.2, -0.15) is 58.9 Å². The number of benzene rings is 7. The topological polar surface area (TPSA) is 585 Å². The van der Waals surface area contributed by atoms with Crippen LogP contribution in [0.2, 0.25) is 0 Å². The molecule has 0 aliphatic rings. The summed E-state index contributed by atoms with van der Waals surface area (Å²) in [5.74, 6) is -3.99. The summed E-state index contributed by atoms with van der Waals surface area (Å²) in [5, 5.41) is 60.0. The maximum atomic E-state index is 13.0. The van der Waals surface area contributed by atoms with Gasteiger partial charge in [0.25, 0.3) is 76.5 Å². The number of nitrogens with two attached hydrogens (primary N) is 1. The first kappa shape index (κ1) is 56.8. The van der Waals surface area contributed by atoms with Gasteiger partial charge in [0.05, 0.1) is 20.9 Å². The molecule has 0 unspecified atom stereocenters. The van der Waals surface area contributed by atoms with E-state index in [2.05, 4.69) is 30.7 Å². The summed E-state index contributed by atoms with van der Waals surface area (Å²) in [6, 6.07) is 6.10. The first-order valence-corrected chi connectivity index (χ1v) is 29.3. The number of nitro benzene ring substituents is 1. The number of nitrogens with zero attached hydrogens (tertiary/aromatic N) is 7. The van der Waals surface area contributed by atoms with E-state index in [-0.39, 0.29) is 18.2 Å². The van der Waals surface area contributed by atoms with E-state index >= 15 is 0 Å². The van der Waals surface area contributed by atoms with E-state index in [9.17, 15) is 116 Å². The summed E-state index contributed by atoms with van der Waals surface area (Å²) < 4.78 is 246. The number of rotatable bonds is 14. The lowest BCUT2D eigenvalue weighted by molar-refractivity contribution is -0.385. The van der Waals surface area contributed by atoms with E-state index in [1.807, 2.05) is 0 Å². The van der Waals surface area contributed by atoms with Crippen molar-refractivity contribution in [3.8, 4) is 17.2 Å². The second-order valence-corrected chi connectivity index (χ2v) is 24.9. The number of phenols is 3. The number of fused-ring (bicyclic) bond motifs is 3. The average Bonchev–Trinajstić information content (AvgIpc) is 3.27. The quantitative estimate of drug-likeness (QED) is 0.0204. The van der Waals surface area contributed by atoms with Gasteiger partial charge in [0.15, 0.2) is 11.5 Å². The molecule has 0 saturated heterocycles. The van der Waals surface area contributed by atoms with Crippen LogP contribution in [0.5, 0.6) is 17.2 Å². The fourth-order valence-corrected chi connectivity index (χ4v) is 12.0. The Bertz CT molecular complexity index is 4780. The molecular formula is C36H24N8O26S7. The fourth-order valence-electron chi connectivity index (χ4n) is 7.19. The Kier molecular flexibility index (Phi) is 14.0. The van der Waals surface area contributed by atoms with Crippen LogP contribution in [0.4, 0.5) is 45.5 Å². The van der Waals surface area contributed by atoms with Crippen LogP contribution in [-0.2, 0) is 70.8 Å². The molecule has 7 aromatic rings. The van der Waals surface area contributed by atoms with Crippen LogP contribution in [0.1, 0.15) is 0 Å². The molecular weight excluding hydrogens is 1180 g/mol. The van der Waals surface area contributed by atoms with Crippen LogP contribution in [0.15, 0.2) is 138 Å². The lowest BCUT2D eigenvalue weighted by atomic mass is 10.0. The number of phenolic OH excluding ortho intramolecular Hbond substituents is 3. The molecule has 34 nitrogen and oxygen atoms in total. The third-order valence-corrected chi connectivity index (χ3v) is 16.6. The smallest absolute Gasteiger partial charge is 0.297 e. The van der Waals surface area contributed by atoms with Crippen LogP contribution in [0, 0.1) is 10.1 Å². The molecule has 0 heterocycles. The van der Waals surface area contributed by atoms with Gasteiger partial charge in [-0.1, -0.05) is 0 Å². The molecule has 0 fully saturated rings. The van der Waals surface area contributed by atoms with Crippen molar-refractivity contribution >= 4 is 149 Å². The average molecular weight is 1210 g/mol. The third kappa shape index (κ3) is 11.0. The van der Waals surface area contributed by atoms with Crippen molar-refractivity contribution in [1.29, 1.82) is 0 Å². The number of aromatic hydroxyl groups is 3. The standard InChI is InChI=1S/C36H24N8O26S7/c37-30-23(12-25(72(53,54)55)19-11-28(75(62,63)64)32(34(47)29(19)30)43-38-20-4-1-13(44(48)49)7-26(20)73(56,57)58)41-39-21-6-3-16-18(36(21)77(68,69)70)10-27(74(59,60)61)31(33(16)46)42-40-22-5-2-15-17(35(22)76(65,66)67)8-14(9-24(15)45)71(50,51)52/h1-12,45-47H,37H2,(H,50,51,52)(H,53,54,55)(H,56,57,58)(H,59,60,61)(H,62,63,64)(H,65,66,67)(H,68,69,70). The molecule has 0 aromatic heterocycles. The molecule has 41 heteroatoms. The monoisotopic (exact) mass is 1210 g/mol. The summed E-state index contributed by atoms with van der Waals surface area (Å²) >= 11 is 0. The number of hydrogen-bond donors (Lipinski definition) is 11. The Labute approximate surface area is 428 Å². The van der Waals surface area contributed by atoms with Crippen LogP contribution in [-0.4, -0.2) is 111 Å². The highest BCUT2D eigenvalue weighted by molar-refractivity contribution is 7.87. The zero-order valence-corrected chi connectivity index (χ0v) is 42.2. The summed E-state index contributed by atoms with van der Waals surface area (Å²) in [6.07, 6.45) is 0. The molecule has 0 aliphatic heterocycles. The minimum atomic E-state index is -5.80. The minimum Gasteiger partial charge on any atom is -0.507 e. The minimum absolute atomic E-state index is 0.221. The Morgan fingerprint density at radius 1 is 0.403 bits per heavy atom. The Balaban J connectivity index is 1.45. The molecule has 77 heavy (non-hydrogen) atoms. The van der Waals surface area contributed by atoms with Crippen molar-refractivity contribution in [3.63, 3.8) is 0 Å². The van der Waals surface area contributed by atoms with Gasteiger partial charge in [-0.25, -0.2) is 0 Å². The highest BCUT2D eigenvalue weighted by Gasteiger charge is 2.32. The van der Waals surface area contributed by atoms with Gasteiger partial charge < -0.3 is 21.1 Å². The van der Waals surface area contributed by atoms with Crippen molar-refractivity contribution in [3.05, 3.63) is 82.9 Å². The SMILES string of the molecule is Nc1c(N=Nc2ccc3c(O)c(N=Nc4ccc5c(O)cc(S(=O)(=O)O)cc5c4S(=O)(=O)O)c(S(=O)(=O)O)cc3c2S(=O)(=O)O)cc(S(=O)(=O)O)c2cc(S(=O)(=O)O)c(N=Nc3ccc([N+](=O)[O-])cc3S(=O)(=O)O)c(O)c12. The zero-order valence-electron chi connectivity index (χ0n) is 36.5. The molecule has 0 aliphatic carbocycles. The number of azo groups is 3. The Morgan fingerprint density at radius 2 is 0.831 bits per heavy atom. The molecule has 0 saturated carbocycles. The van der Waals surface area contributed by atoms with Crippen LogP contribution in [0.3, 0.4) is 0 Å². The van der Waals surface area contributed by atoms with Crippen molar-refractivity contribution in [2.24, 2.45) is 30.7 Å². The molecule has 7 aromatic carbocycles. The Morgan fingerprint density at radius 3 is 1.31 bits per heavy atom. The van der Waals surface area contributed by atoms with Crippen LogP contribution in [0.25, 0.3) is 32.3 Å². The lowest BCUT2D eigenvalue weighted by Crippen LogP contribution is -2.04. The van der Waals surface area contributed by atoms with Gasteiger partial charge in [-0.3, -0.25) is 42.0 Å². The highest BCUT2D eigenvalue weighted by atomic mass is 32.2. The lowest BCUT2D eigenvalue weighted by Gasteiger charge is -2.15. The fraction of sp³-hybridized carbons (Fsp3) is 0. The summed E-state index contributed by atoms with van der Waals surface area (Å²) in [4.78, 5) is 0.344. The van der Waals surface area contributed by atoms with Crippen molar-refractivity contribution < 1.29 is 111 Å². The molecule has 0 radical (unpaired) electrons. The second kappa shape index (κ2) is 19.0. The van der Waals surface area contributed by atoms with Crippen LogP contribution < -0.4 is 5.73 Å². The van der Waals surface area contributed by atoms with Gasteiger partial charge in [0.2, 0.25) is 0 Å². The highest BCUT2D eigenvalue weighted by Crippen LogP contribution is 2.50. The van der Waals surface area contributed by atoms with E-state index in [1.165, 1.54) is 0 Å². The number of anilines is 1. The molecule has 7 rings (SSSR count). The molecule has 0 amide bonds. The second-order valence-electron chi connectivity index (χ2n) is 15.2. The van der Waals surface area contributed by atoms with Gasteiger partial charge in [0, 0.05) is 45.1 Å². The summed E-state index contributed by atoms with van der Waals surface area (Å²) in [6.45, 7) is 0. The molecule has 0 atom stereocenters. The van der Waals surface area contributed by atoms with E-state index in [4.69, 9.17) is 5.73 Å². The van der Waals surface area contributed by atoms with Gasteiger partial charge >= 0.3 is 0 Å². The molecule has 0 bridgehead atoms. The van der Waals surface area contributed by atoms with E-state index in [0.717, 1.165) is 6.07 Å². The number of nitrogen functional groups attached to an aromatic ring is 1. The number of hydrogen-bond acceptors (Lipinski definition) is 26. The maximum absolute atomic E-state index is 13.0. The van der Waals surface area contributed by atoms with Gasteiger partial charge in [0.1, 0.15) is 69.2 Å². The van der Waals surface area contributed by atoms with Crippen LogP contribution >= 0.6 is 0 Å². The Hall–Kier alpha value is -7.91. The normalized spacial score (nSPS) is 13.5. The predicted octanol–water partition coefficient (Wildman–Crippen LogP) is 5.73. The number of nitro groups is 1. The maximum Gasteiger partial charge on any atom is 0.297 e. The van der Waals surface area contributed by atoms with Crippen molar-refractivity contribution in [2.75, 3.05) is 5.73 Å². The van der Waals surface area contributed by atoms with Crippen molar-refractivity contribution in [2.45, 2.75) is 34.3 Å². The summed E-state index contributed by atoms with van der Waals surface area (Å²) in [5.41, 5.74) is -2.61. The van der Waals surface area contributed by atoms with Crippen molar-refractivity contribution in [1.82, 2.24) is 0 Å². The largest absolute Gasteiger partial charge is 0.507 e. The predicted molar refractivity (Wildman–Crippen MR) is 256 cm³/mol. The molecule has 406 valence electrons. The first-order valence-electron chi connectivity index (χ1n) is 19.2. The zero-order chi connectivity index (χ0) is 57.7. The van der Waals surface area contributed by atoms with Gasteiger partial charge in [-0.15, -0.1) is 30.7 Å².